The largest absolute Gasteiger partial charge is 0.135 e. The van der Waals surface area contributed by atoms with Crippen LogP contribution in [0.25, 0.3) is 117 Å². The van der Waals surface area contributed by atoms with E-state index in [9.17, 15) is 0 Å². The van der Waals surface area contributed by atoms with E-state index in [0.29, 0.717) is 0 Å². The third-order valence-corrected chi connectivity index (χ3v) is 13.7. The first kappa shape index (κ1) is 30.2. The van der Waals surface area contributed by atoms with E-state index in [1.54, 1.807) is 0 Å². The SMILES string of the molecule is c1ccc(-c2c3cccc(-c4cccc5ccc6sc7ccccc7c6c45)c3cc3c(-c4cccc5ccc6sc7ccccc7c6c45)cccc23)cc1. The lowest BCUT2D eigenvalue weighted by Crippen LogP contribution is -1.91. The number of hydrogen-bond acceptors (Lipinski definition) is 2. The van der Waals surface area contributed by atoms with E-state index in [1.165, 1.54) is 117 Å². The maximum Gasteiger partial charge on any atom is 0.0362 e. The van der Waals surface area contributed by atoms with Crippen LogP contribution in [0.3, 0.4) is 0 Å². The number of thiophene rings is 2. The molecule has 2 heterocycles. The quantitative estimate of drug-likeness (QED) is 0.160. The van der Waals surface area contributed by atoms with Crippen LogP contribution < -0.4 is 0 Å². The summed E-state index contributed by atoms with van der Waals surface area (Å²) in [5, 5.41) is 15.7. The molecule has 0 aliphatic heterocycles. The molecule has 0 saturated carbocycles. The number of benzene rings is 10. The fourth-order valence-electron chi connectivity index (χ4n) is 9.19. The van der Waals surface area contributed by atoms with Crippen LogP contribution in [-0.4, -0.2) is 0 Å². The molecule has 0 fully saturated rings. The van der Waals surface area contributed by atoms with Gasteiger partial charge < -0.3 is 0 Å². The van der Waals surface area contributed by atoms with Gasteiger partial charge in [0.1, 0.15) is 0 Å². The fourth-order valence-corrected chi connectivity index (χ4v) is 11.4. The topological polar surface area (TPSA) is 0 Å². The van der Waals surface area contributed by atoms with E-state index in [1.807, 2.05) is 22.7 Å². The Hall–Kier alpha value is -6.32. The zero-order chi connectivity index (χ0) is 35.3. The van der Waals surface area contributed by atoms with Crippen molar-refractivity contribution >= 4 is 106 Å². The molecule has 0 amide bonds. The molecule has 0 N–H and O–H groups in total. The van der Waals surface area contributed by atoms with Crippen LogP contribution in [0.4, 0.5) is 0 Å². The van der Waals surface area contributed by atoms with Gasteiger partial charge in [-0.05, 0) is 107 Å². The Balaban J connectivity index is 1.24. The maximum absolute atomic E-state index is 2.50. The summed E-state index contributed by atoms with van der Waals surface area (Å²) in [6.07, 6.45) is 0. The third-order valence-electron chi connectivity index (χ3n) is 11.4. The van der Waals surface area contributed by atoms with Gasteiger partial charge in [0.2, 0.25) is 0 Å². The second-order valence-corrected chi connectivity index (χ2v) is 16.5. The normalized spacial score (nSPS) is 12.1. The molecule has 0 spiro atoms. The van der Waals surface area contributed by atoms with E-state index in [-0.39, 0.29) is 0 Å². The van der Waals surface area contributed by atoms with Crippen molar-refractivity contribution in [2.75, 3.05) is 0 Å². The third kappa shape index (κ3) is 4.30. The van der Waals surface area contributed by atoms with Crippen molar-refractivity contribution in [2.24, 2.45) is 0 Å². The molecule has 2 heteroatoms. The average Bonchev–Trinajstić information content (AvgIpc) is 3.81. The molecule has 0 atom stereocenters. The Morgan fingerprint density at radius 2 is 0.704 bits per heavy atom. The first-order valence-corrected chi connectivity index (χ1v) is 20.1. The highest BCUT2D eigenvalue weighted by Gasteiger charge is 2.20. The van der Waals surface area contributed by atoms with Gasteiger partial charge in [0.15, 0.2) is 0 Å². The zero-order valence-electron chi connectivity index (χ0n) is 29.1. The summed E-state index contributed by atoms with van der Waals surface area (Å²) in [6, 6.07) is 68.0. The number of rotatable bonds is 3. The van der Waals surface area contributed by atoms with Crippen molar-refractivity contribution < 1.29 is 0 Å². The summed E-state index contributed by atoms with van der Waals surface area (Å²) in [5.41, 5.74) is 7.59. The van der Waals surface area contributed by atoms with Crippen molar-refractivity contribution in [3.8, 4) is 33.4 Å². The standard InChI is InChI=1S/C52H30S2/c1-2-12-31(13-3-1)48-38-22-10-18-34(36-20-8-14-32-26-28-46-51(49(32)36)40-16-4-6-24-44(40)53-46)42(38)30-43-35(19-11-23-39(43)48)37-21-9-15-33-27-29-47-52(50(33)37)41-17-5-7-25-45(41)54-47/h1-30H. The summed E-state index contributed by atoms with van der Waals surface area (Å²) in [6.45, 7) is 0. The molecule has 54 heavy (non-hydrogen) atoms. The Labute approximate surface area is 319 Å². The fraction of sp³-hybridized carbons (Fsp3) is 0. The minimum absolute atomic E-state index is 1.23. The van der Waals surface area contributed by atoms with Gasteiger partial charge in [-0.3, -0.25) is 0 Å². The maximum atomic E-state index is 2.50. The van der Waals surface area contributed by atoms with Crippen molar-refractivity contribution in [1.29, 1.82) is 0 Å². The molecule has 2 aromatic heterocycles. The van der Waals surface area contributed by atoms with Crippen LogP contribution in [0.5, 0.6) is 0 Å². The summed E-state index contributed by atoms with van der Waals surface area (Å²) >= 11 is 3.78. The van der Waals surface area contributed by atoms with E-state index in [0.717, 1.165) is 0 Å². The van der Waals surface area contributed by atoms with Gasteiger partial charge in [-0.25, -0.2) is 0 Å². The first-order valence-electron chi connectivity index (χ1n) is 18.5. The molecular formula is C52H30S2. The Morgan fingerprint density at radius 1 is 0.259 bits per heavy atom. The van der Waals surface area contributed by atoms with E-state index in [4.69, 9.17) is 0 Å². The summed E-state index contributed by atoms with van der Waals surface area (Å²) < 4.78 is 5.32. The molecule has 0 aliphatic carbocycles. The van der Waals surface area contributed by atoms with Crippen LogP contribution in [0.2, 0.25) is 0 Å². The van der Waals surface area contributed by atoms with Crippen molar-refractivity contribution in [3.05, 3.63) is 182 Å². The van der Waals surface area contributed by atoms with Crippen LogP contribution in [0.1, 0.15) is 0 Å². The molecule has 10 aromatic carbocycles. The van der Waals surface area contributed by atoms with Crippen LogP contribution in [-0.2, 0) is 0 Å². The minimum Gasteiger partial charge on any atom is -0.135 e. The smallest absolute Gasteiger partial charge is 0.0362 e. The summed E-state index contributed by atoms with van der Waals surface area (Å²) in [4.78, 5) is 0. The molecule has 0 nitrogen and oxygen atoms in total. The molecule has 12 rings (SSSR count). The lowest BCUT2D eigenvalue weighted by molar-refractivity contribution is 1.66. The lowest BCUT2D eigenvalue weighted by Gasteiger charge is -2.19. The molecule has 0 unspecified atom stereocenters. The summed E-state index contributed by atoms with van der Waals surface area (Å²) in [5.74, 6) is 0. The highest BCUT2D eigenvalue weighted by Crippen LogP contribution is 2.48. The lowest BCUT2D eigenvalue weighted by atomic mass is 9.84. The van der Waals surface area contributed by atoms with Gasteiger partial charge in [0, 0.05) is 40.3 Å². The number of hydrogen-bond donors (Lipinski definition) is 0. The van der Waals surface area contributed by atoms with Crippen LogP contribution >= 0.6 is 22.7 Å². The van der Waals surface area contributed by atoms with Gasteiger partial charge in [-0.2, -0.15) is 0 Å². The van der Waals surface area contributed by atoms with Gasteiger partial charge in [0.05, 0.1) is 0 Å². The van der Waals surface area contributed by atoms with Crippen molar-refractivity contribution in [1.82, 2.24) is 0 Å². The highest BCUT2D eigenvalue weighted by atomic mass is 32.1. The van der Waals surface area contributed by atoms with E-state index in [2.05, 4.69) is 182 Å². The van der Waals surface area contributed by atoms with Gasteiger partial charge in [-0.1, -0.05) is 152 Å². The molecule has 0 bridgehead atoms. The Bertz CT molecular complexity index is 3280. The predicted molar refractivity (Wildman–Crippen MR) is 239 cm³/mol. The first-order chi connectivity index (χ1) is 26.8. The second kappa shape index (κ2) is 11.6. The molecule has 0 saturated heterocycles. The predicted octanol–water partition coefficient (Wildman–Crippen LogP) is 16.0. The van der Waals surface area contributed by atoms with E-state index < -0.39 is 0 Å². The molecular weight excluding hydrogens is 689 g/mol. The van der Waals surface area contributed by atoms with E-state index >= 15 is 0 Å². The molecule has 250 valence electrons. The van der Waals surface area contributed by atoms with Crippen molar-refractivity contribution in [3.63, 3.8) is 0 Å². The zero-order valence-corrected chi connectivity index (χ0v) is 30.8. The van der Waals surface area contributed by atoms with Crippen LogP contribution in [0, 0.1) is 0 Å². The van der Waals surface area contributed by atoms with Gasteiger partial charge in [0.25, 0.3) is 0 Å². The highest BCUT2D eigenvalue weighted by molar-refractivity contribution is 7.26. The second-order valence-electron chi connectivity index (χ2n) is 14.3. The van der Waals surface area contributed by atoms with Crippen LogP contribution in [0.15, 0.2) is 182 Å². The number of fused-ring (bicyclic) bond motifs is 12. The Morgan fingerprint density at radius 3 is 1.24 bits per heavy atom. The Kier molecular flexibility index (Phi) is 6.48. The molecule has 0 aliphatic rings. The molecule has 0 radical (unpaired) electrons. The van der Waals surface area contributed by atoms with Gasteiger partial charge in [-0.15, -0.1) is 22.7 Å². The van der Waals surface area contributed by atoms with Gasteiger partial charge >= 0.3 is 0 Å². The van der Waals surface area contributed by atoms with Crippen molar-refractivity contribution in [2.45, 2.75) is 0 Å². The summed E-state index contributed by atoms with van der Waals surface area (Å²) in [7, 11) is 0. The average molecular weight is 719 g/mol. The minimum atomic E-state index is 1.23. The monoisotopic (exact) mass is 718 g/mol. The molecule has 12 aromatic rings.